The van der Waals surface area contributed by atoms with Gasteiger partial charge in [-0.2, -0.15) is 0 Å². The van der Waals surface area contributed by atoms with E-state index in [2.05, 4.69) is 16.2 Å². The summed E-state index contributed by atoms with van der Waals surface area (Å²) in [5, 5.41) is 4.24. The first-order valence-electron chi connectivity index (χ1n) is 2.56. The molecule has 0 bridgehead atoms. The summed E-state index contributed by atoms with van der Waals surface area (Å²) >= 11 is 1.12. The Morgan fingerprint density at radius 1 is 1.80 bits per heavy atom. The molecule has 0 radical (unpaired) electrons. The third kappa shape index (κ3) is 1.08. The molecule has 1 aromatic rings. The van der Waals surface area contributed by atoms with Crippen molar-refractivity contribution in [1.29, 1.82) is 0 Å². The molecule has 2 N–H and O–H groups in total. The van der Waals surface area contributed by atoms with E-state index in [9.17, 15) is 0 Å². The van der Waals surface area contributed by atoms with Crippen molar-refractivity contribution in [2.45, 2.75) is 0 Å². The lowest BCUT2D eigenvalue weighted by atomic mass is 10.4. The van der Waals surface area contributed by atoms with Gasteiger partial charge < -0.3 is 10.5 Å². The second-order valence-electron chi connectivity index (χ2n) is 1.61. The Morgan fingerprint density at radius 2 is 2.50 bits per heavy atom. The van der Waals surface area contributed by atoms with Crippen LogP contribution >= 0.6 is 11.5 Å². The maximum Gasteiger partial charge on any atom is 0.163 e. The molecule has 0 aliphatic heterocycles. The Bertz CT molecular complexity index is 245. The van der Waals surface area contributed by atoms with E-state index in [0.29, 0.717) is 16.5 Å². The van der Waals surface area contributed by atoms with Gasteiger partial charge in [0.2, 0.25) is 0 Å². The molecule has 1 aromatic heterocycles. The van der Waals surface area contributed by atoms with Gasteiger partial charge in [0.15, 0.2) is 5.69 Å². The van der Waals surface area contributed by atoms with Crippen LogP contribution in [0.25, 0.3) is 5.76 Å². The van der Waals surface area contributed by atoms with Crippen molar-refractivity contribution in [3.05, 3.63) is 12.3 Å². The van der Waals surface area contributed by atoms with Crippen molar-refractivity contribution in [1.82, 2.24) is 9.59 Å². The van der Waals surface area contributed by atoms with E-state index >= 15 is 0 Å². The molecule has 0 unspecified atom stereocenters. The third-order valence-corrected chi connectivity index (χ3v) is 1.58. The molecule has 54 valence electrons. The van der Waals surface area contributed by atoms with Gasteiger partial charge in [0.1, 0.15) is 10.8 Å². The minimum absolute atomic E-state index is 0.450. The standard InChI is InChI=1S/C5H7N3OS/c1-3(9-2)4-5(6)10-8-7-4/h1,6H2,2H3. The number of anilines is 1. The highest BCUT2D eigenvalue weighted by molar-refractivity contribution is 7.10. The van der Waals surface area contributed by atoms with Crippen LogP contribution in [0.3, 0.4) is 0 Å². The van der Waals surface area contributed by atoms with Crippen LogP contribution in [-0.2, 0) is 4.74 Å². The van der Waals surface area contributed by atoms with Crippen LogP contribution in [0.1, 0.15) is 5.69 Å². The molecule has 0 amide bonds. The molecule has 0 aliphatic carbocycles. The highest BCUT2D eigenvalue weighted by Crippen LogP contribution is 2.19. The van der Waals surface area contributed by atoms with Crippen molar-refractivity contribution in [2.24, 2.45) is 0 Å². The lowest BCUT2D eigenvalue weighted by Crippen LogP contribution is -1.91. The highest BCUT2D eigenvalue weighted by Gasteiger charge is 2.06. The zero-order valence-corrected chi connectivity index (χ0v) is 6.31. The van der Waals surface area contributed by atoms with Gasteiger partial charge in [-0.25, -0.2) is 0 Å². The van der Waals surface area contributed by atoms with E-state index in [4.69, 9.17) is 10.5 Å². The van der Waals surface area contributed by atoms with Gasteiger partial charge in [-0.1, -0.05) is 11.1 Å². The van der Waals surface area contributed by atoms with E-state index in [1.165, 1.54) is 7.11 Å². The van der Waals surface area contributed by atoms with E-state index in [1.54, 1.807) is 0 Å². The minimum atomic E-state index is 0.450. The minimum Gasteiger partial charge on any atom is -0.495 e. The smallest absolute Gasteiger partial charge is 0.163 e. The normalized spacial score (nSPS) is 9.30. The molecule has 1 heterocycles. The Kier molecular flexibility index (Phi) is 1.86. The number of nitrogen functional groups attached to an aromatic ring is 1. The summed E-state index contributed by atoms with van der Waals surface area (Å²) in [6, 6.07) is 0. The van der Waals surface area contributed by atoms with E-state index in [-0.39, 0.29) is 0 Å². The molecule has 1 rings (SSSR count). The first-order valence-corrected chi connectivity index (χ1v) is 3.34. The zero-order chi connectivity index (χ0) is 7.56. The number of aromatic nitrogens is 2. The Balaban J connectivity index is 2.93. The summed E-state index contributed by atoms with van der Waals surface area (Å²) in [6.45, 7) is 3.58. The molecule has 5 heteroatoms. The first-order chi connectivity index (χ1) is 4.75. The van der Waals surface area contributed by atoms with Gasteiger partial charge in [-0.05, 0) is 0 Å². The molecule has 0 saturated carbocycles. The van der Waals surface area contributed by atoms with Crippen LogP contribution in [0.15, 0.2) is 6.58 Å². The molecule has 0 spiro atoms. The molecular formula is C5H7N3OS. The van der Waals surface area contributed by atoms with Crippen molar-refractivity contribution >= 4 is 22.3 Å². The van der Waals surface area contributed by atoms with Crippen LogP contribution in [0.2, 0.25) is 0 Å². The Labute approximate surface area is 62.5 Å². The number of methoxy groups -OCH3 is 1. The molecule has 10 heavy (non-hydrogen) atoms. The summed E-state index contributed by atoms with van der Waals surface area (Å²) in [4.78, 5) is 0. The van der Waals surface area contributed by atoms with Crippen LogP contribution in [0.5, 0.6) is 0 Å². The maximum atomic E-state index is 5.47. The maximum absolute atomic E-state index is 5.47. The Hall–Kier alpha value is -1.10. The first kappa shape index (κ1) is 7.01. The number of ether oxygens (including phenoxy) is 1. The number of nitrogens with two attached hydrogens (primary N) is 1. The van der Waals surface area contributed by atoms with Gasteiger partial charge in [0.05, 0.1) is 7.11 Å². The SMILES string of the molecule is C=C(OC)c1nnsc1N. The summed E-state index contributed by atoms with van der Waals surface area (Å²) in [5.41, 5.74) is 6.00. The zero-order valence-electron chi connectivity index (χ0n) is 5.50. The molecule has 0 saturated heterocycles. The van der Waals surface area contributed by atoms with E-state index in [1.807, 2.05) is 0 Å². The fourth-order valence-electron chi connectivity index (χ4n) is 0.488. The fraction of sp³-hybridized carbons (Fsp3) is 0.200. The summed E-state index contributed by atoms with van der Waals surface area (Å²) in [6.07, 6.45) is 0. The Morgan fingerprint density at radius 3 is 2.90 bits per heavy atom. The number of rotatable bonds is 2. The van der Waals surface area contributed by atoms with E-state index < -0.39 is 0 Å². The van der Waals surface area contributed by atoms with Crippen LogP contribution in [0, 0.1) is 0 Å². The molecule has 0 atom stereocenters. The highest BCUT2D eigenvalue weighted by atomic mass is 32.1. The van der Waals surface area contributed by atoms with Crippen molar-refractivity contribution in [2.75, 3.05) is 12.8 Å². The monoisotopic (exact) mass is 157 g/mol. The average Bonchev–Trinajstić information content (AvgIpc) is 2.34. The molecule has 0 fully saturated rings. The van der Waals surface area contributed by atoms with Crippen molar-refractivity contribution < 1.29 is 4.74 Å². The fourth-order valence-corrected chi connectivity index (χ4v) is 0.939. The molecule has 4 nitrogen and oxygen atoms in total. The van der Waals surface area contributed by atoms with Crippen LogP contribution in [-0.4, -0.2) is 16.7 Å². The average molecular weight is 157 g/mol. The molecule has 0 aromatic carbocycles. The molecular weight excluding hydrogens is 150 g/mol. The summed E-state index contributed by atoms with van der Waals surface area (Å²) < 4.78 is 8.42. The number of nitrogens with zero attached hydrogens (tertiary/aromatic N) is 2. The van der Waals surface area contributed by atoms with Gasteiger partial charge in [-0.15, -0.1) is 5.10 Å². The predicted octanol–water partition coefficient (Wildman–Crippen LogP) is 0.737. The van der Waals surface area contributed by atoms with Crippen LogP contribution < -0.4 is 5.73 Å². The van der Waals surface area contributed by atoms with E-state index in [0.717, 1.165) is 11.5 Å². The number of hydrogen-bond donors (Lipinski definition) is 1. The lowest BCUT2D eigenvalue weighted by molar-refractivity contribution is 0.369. The van der Waals surface area contributed by atoms with Gasteiger partial charge in [-0.3, -0.25) is 0 Å². The third-order valence-electron chi connectivity index (χ3n) is 1.02. The largest absolute Gasteiger partial charge is 0.495 e. The van der Waals surface area contributed by atoms with Gasteiger partial charge in [0, 0.05) is 11.5 Å². The van der Waals surface area contributed by atoms with Gasteiger partial charge >= 0.3 is 0 Å². The van der Waals surface area contributed by atoms with Crippen molar-refractivity contribution in [3.63, 3.8) is 0 Å². The number of hydrogen-bond acceptors (Lipinski definition) is 5. The quantitative estimate of drug-likeness (QED) is 0.643. The predicted molar refractivity (Wildman–Crippen MR) is 40.4 cm³/mol. The van der Waals surface area contributed by atoms with Crippen molar-refractivity contribution in [3.8, 4) is 0 Å². The summed E-state index contributed by atoms with van der Waals surface area (Å²) in [7, 11) is 1.52. The van der Waals surface area contributed by atoms with Gasteiger partial charge in [0.25, 0.3) is 0 Å². The second-order valence-corrected chi connectivity index (χ2v) is 2.40. The second kappa shape index (κ2) is 2.66. The summed E-state index contributed by atoms with van der Waals surface area (Å²) in [5.74, 6) is 0.450. The van der Waals surface area contributed by atoms with Crippen LogP contribution in [0.4, 0.5) is 5.00 Å². The lowest BCUT2D eigenvalue weighted by Gasteiger charge is -1.97. The topological polar surface area (TPSA) is 61.0 Å². The molecule has 0 aliphatic rings.